The lowest BCUT2D eigenvalue weighted by molar-refractivity contribution is -0.870. The van der Waals surface area contributed by atoms with E-state index in [0.717, 1.165) is 44.0 Å². The summed E-state index contributed by atoms with van der Waals surface area (Å²) in [5.74, 6) is -1.90. The predicted octanol–water partition coefficient (Wildman–Crippen LogP) is 5.11. The van der Waals surface area contributed by atoms with Crippen molar-refractivity contribution in [2.24, 2.45) is 0 Å². The van der Waals surface area contributed by atoms with Crippen LogP contribution in [0.2, 0.25) is 0 Å². The number of halogens is 2. The van der Waals surface area contributed by atoms with Gasteiger partial charge in [-0.1, -0.05) is 23.2 Å². The molecule has 4 heterocycles. The van der Waals surface area contributed by atoms with Crippen LogP contribution in [0.25, 0.3) is 6.08 Å². The van der Waals surface area contributed by atoms with E-state index >= 15 is 8.63 Å². The number of carbonyl (C=O) groups is 3. The number of nitrogens with zero attached hydrogens (tertiary/aromatic N) is 4. The largest absolute Gasteiger partial charge is 0.737 e. The lowest BCUT2D eigenvalue weighted by Crippen LogP contribution is -2.51. The Hall–Kier alpha value is -4.95. The van der Waals surface area contributed by atoms with Gasteiger partial charge in [-0.15, -0.1) is 9.06 Å². The molecule has 320 valence electrons. The average Bonchev–Trinajstić information content (AvgIpc) is 3.84. The van der Waals surface area contributed by atoms with Crippen molar-refractivity contribution in [3.63, 3.8) is 0 Å². The smallest absolute Gasteiger partial charge is 0.492 e. The van der Waals surface area contributed by atoms with Crippen molar-refractivity contribution < 1.29 is 61.7 Å². The van der Waals surface area contributed by atoms with E-state index in [-0.39, 0.29) is 31.7 Å². The number of nitrogens with one attached hydrogen (secondary N) is 2. The second kappa shape index (κ2) is 20.3. The van der Waals surface area contributed by atoms with Gasteiger partial charge in [-0.25, -0.2) is 10.1 Å². The summed E-state index contributed by atoms with van der Waals surface area (Å²) in [5, 5.41) is 37.1. The van der Waals surface area contributed by atoms with E-state index in [2.05, 4.69) is 41.1 Å². The normalized spacial score (nSPS) is 15.0. The summed E-state index contributed by atoms with van der Waals surface area (Å²) < 4.78 is 42.1. The fraction of sp³-hybridized carbons (Fsp3) is 0.450. The van der Waals surface area contributed by atoms with Crippen LogP contribution < -0.4 is 15.5 Å². The molecule has 0 saturated carbocycles. The Bertz CT molecular complexity index is 2040. The maximum Gasteiger partial charge on any atom is 0.737 e. The van der Waals surface area contributed by atoms with E-state index in [0.29, 0.717) is 82.9 Å². The van der Waals surface area contributed by atoms with Crippen LogP contribution in [-0.4, -0.2) is 110 Å². The fourth-order valence-electron chi connectivity index (χ4n) is 7.31. The van der Waals surface area contributed by atoms with Crippen molar-refractivity contribution in [1.29, 1.82) is 0 Å². The van der Waals surface area contributed by atoms with Gasteiger partial charge >= 0.3 is 12.9 Å². The lowest BCUT2D eigenvalue weighted by atomic mass is 9.88. The molecule has 1 unspecified atom stereocenters. The molecule has 3 aromatic rings. The maximum atomic E-state index is 17.0. The van der Waals surface area contributed by atoms with E-state index in [1.54, 1.807) is 49.4 Å². The van der Waals surface area contributed by atoms with Gasteiger partial charge in [0.1, 0.15) is 6.04 Å². The van der Waals surface area contributed by atoms with Crippen LogP contribution in [0.15, 0.2) is 65.9 Å². The molecule has 2 amide bonds. The molecule has 5 rings (SSSR count). The Kier molecular flexibility index (Phi) is 15.6. The van der Waals surface area contributed by atoms with Crippen LogP contribution in [0, 0.1) is 6.92 Å². The van der Waals surface area contributed by atoms with Gasteiger partial charge in [-0.05, 0) is 87.7 Å². The van der Waals surface area contributed by atoms with Gasteiger partial charge in [-0.2, -0.15) is 0 Å². The monoisotopic (exact) mass is 843 g/mol. The van der Waals surface area contributed by atoms with E-state index in [1.165, 1.54) is 12.1 Å². The summed E-state index contributed by atoms with van der Waals surface area (Å²) in [5.41, 5.74) is 3.48. The number of rotatable bonds is 23. The zero-order valence-corrected chi connectivity index (χ0v) is 34.7. The zero-order valence-electron chi connectivity index (χ0n) is 33.9. The molecule has 15 nitrogen and oxygen atoms in total. The number of aromatic nitrogens is 2. The van der Waals surface area contributed by atoms with E-state index < -0.39 is 36.6 Å². The number of aryl methyl sites for hydroxylation is 2. The van der Waals surface area contributed by atoms with Crippen LogP contribution in [0.5, 0.6) is 11.8 Å². The number of quaternary nitrogens is 1. The number of fused-ring (bicyclic) bond motifs is 2. The third-order valence-corrected chi connectivity index (χ3v) is 10.8. The molecule has 0 fully saturated rings. The highest BCUT2D eigenvalue weighted by Gasteiger charge is 2.54. The first-order chi connectivity index (χ1) is 28.1. The molecule has 0 bridgehead atoms. The second-order valence-corrected chi connectivity index (χ2v) is 16.5. The minimum Gasteiger partial charge on any atom is -0.492 e. The number of allylic oxidation sites excluding steroid dienone is 2. The Morgan fingerprint density at radius 3 is 2.37 bits per heavy atom. The summed E-state index contributed by atoms with van der Waals surface area (Å²) in [4.78, 5) is 44.0. The van der Waals surface area contributed by atoms with Gasteiger partial charge in [-0.3, -0.25) is 9.59 Å². The molecule has 1 atom stereocenters. The zero-order chi connectivity index (χ0) is 42.7. The molecule has 19 heteroatoms. The number of aromatic hydroxyl groups is 2. The molecule has 5 N–H and O–H groups in total. The van der Waals surface area contributed by atoms with E-state index in [4.69, 9.17) is 10.1 Å². The first-order valence-electron chi connectivity index (χ1n) is 19.8. The Labute approximate surface area is 346 Å². The third kappa shape index (κ3) is 11.8. The summed E-state index contributed by atoms with van der Waals surface area (Å²) in [7, 11) is 6.22. The van der Waals surface area contributed by atoms with Crippen molar-refractivity contribution in [3.05, 3.63) is 88.4 Å². The highest BCUT2D eigenvalue weighted by atomic mass is 32.2. The molecular weight excluding hydrogens is 789 g/mol. The molecule has 0 spiro atoms. The molecule has 2 aliphatic heterocycles. The Morgan fingerprint density at radius 2 is 1.68 bits per heavy atom. The number of hydrogen-bond acceptors (Lipinski definition) is 10. The van der Waals surface area contributed by atoms with Crippen molar-refractivity contribution >= 4 is 48.6 Å². The van der Waals surface area contributed by atoms with Crippen LogP contribution in [0.1, 0.15) is 80.3 Å². The number of hydrogen-bond donors (Lipinski definition) is 5. The highest BCUT2D eigenvalue weighted by Crippen LogP contribution is 2.39. The quantitative estimate of drug-likeness (QED) is 0.0215. The average molecular weight is 844 g/mol. The summed E-state index contributed by atoms with van der Waals surface area (Å²) in [6.07, 6.45) is 7.12. The summed E-state index contributed by atoms with van der Waals surface area (Å²) in [6, 6.07) is 12.2. The molecule has 2 aliphatic rings. The van der Waals surface area contributed by atoms with Gasteiger partial charge in [0.25, 0.3) is 0 Å². The minimum absolute atomic E-state index is 0.0106. The van der Waals surface area contributed by atoms with Gasteiger partial charge in [0.15, 0.2) is 11.4 Å². The number of unbranched alkanes of at least 4 members (excludes halogenated alkanes) is 2. The van der Waals surface area contributed by atoms with Crippen molar-refractivity contribution in [3.8, 4) is 11.8 Å². The van der Waals surface area contributed by atoms with Crippen LogP contribution in [0.3, 0.4) is 0 Å². The minimum atomic E-state index is -4.40. The Balaban J connectivity index is 1.24. The molecule has 0 aliphatic carbocycles. The molecule has 2 aromatic heterocycles. The van der Waals surface area contributed by atoms with Gasteiger partial charge in [0.2, 0.25) is 23.6 Å². The fourth-order valence-corrected chi connectivity index (χ4v) is 7.68. The maximum absolute atomic E-state index is 17.0. The molecular formula is C40H54BF2N6O9S+. The molecule has 0 saturated heterocycles. The topological polar surface area (TPSA) is 177 Å². The van der Waals surface area contributed by atoms with Gasteiger partial charge in [0.05, 0.1) is 27.7 Å². The standard InChI is InChI=1S/C40H53BF2N6O9S/c1-28-25-31(46-33(28)27-35-30(15-12-24-59-58-57-55)26-34(47(35)41(46,42)43)29-13-6-5-7-14-29)18-19-36(50)45-32(16-9-11-23-49(2,3)4)40(54)44-22-10-8-17-39(53)56-48-37(51)20-21-38(48)52/h5-7,13-14,20-21,25-27,32H,8-12,15-19,22-24H2,1-4H3,(H4-,44,45,50,51,52,54,55)/p+1. The van der Waals surface area contributed by atoms with E-state index in [9.17, 15) is 24.6 Å². The highest BCUT2D eigenvalue weighted by molar-refractivity contribution is 7.94. The number of carbonyl (C=O) groups excluding carboxylic acids is 3. The summed E-state index contributed by atoms with van der Waals surface area (Å²) >= 11 is 0.912. The molecule has 59 heavy (non-hydrogen) atoms. The van der Waals surface area contributed by atoms with Gasteiger partial charge < -0.3 is 47.8 Å². The number of benzene rings is 1. The third-order valence-electron chi connectivity index (χ3n) is 10.2. The lowest BCUT2D eigenvalue weighted by Gasteiger charge is -2.31. The van der Waals surface area contributed by atoms with E-state index in [1.807, 2.05) is 6.07 Å². The van der Waals surface area contributed by atoms with Crippen LogP contribution >= 0.6 is 12.0 Å². The Morgan fingerprint density at radius 1 is 0.949 bits per heavy atom. The van der Waals surface area contributed by atoms with Crippen LogP contribution in [-0.2, 0) is 30.2 Å². The van der Waals surface area contributed by atoms with Crippen LogP contribution in [0.4, 0.5) is 8.63 Å². The van der Waals surface area contributed by atoms with Crippen molar-refractivity contribution in [2.45, 2.75) is 77.2 Å². The summed E-state index contributed by atoms with van der Waals surface area (Å²) in [6.45, 7) is -1.53. The van der Waals surface area contributed by atoms with Gasteiger partial charge in [0, 0.05) is 78.3 Å². The SMILES string of the molecule is Cc1cc(CCC(=O)NC(CCCC[N+](C)(C)C)C(=O)NCCCCC(=O)On2c(O)ccc2O)n2c1C=C1C(CCCSOOO)=CC(c3ccccc3)=[N+]1[B-]2(F)F. The first-order valence-corrected chi connectivity index (χ1v) is 20.7. The molecule has 1 aromatic carbocycles. The van der Waals surface area contributed by atoms with Crippen molar-refractivity contribution in [2.75, 3.05) is 40.0 Å². The first kappa shape index (κ1) is 45.1. The van der Waals surface area contributed by atoms with Crippen molar-refractivity contribution in [1.82, 2.24) is 19.8 Å². The molecule has 0 radical (unpaired) electrons. The predicted molar refractivity (Wildman–Crippen MR) is 219 cm³/mol. The second-order valence-electron chi connectivity index (χ2n) is 15.7. The number of amides is 2.